The normalized spacial score (nSPS) is 22.9. The van der Waals surface area contributed by atoms with Crippen LogP contribution in [0.15, 0.2) is 23.2 Å². The zero-order chi connectivity index (χ0) is 19.2. The highest BCUT2D eigenvalue weighted by atomic mass is 16.5. The molecule has 27 heavy (non-hydrogen) atoms. The van der Waals surface area contributed by atoms with E-state index in [1.54, 1.807) is 0 Å². The molecule has 1 unspecified atom stereocenters. The van der Waals surface area contributed by atoms with Crippen LogP contribution < -0.4 is 5.32 Å². The maximum absolute atomic E-state index is 6.09. The van der Waals surface area contributed by atoms with E-state index in [9.17, 15) is 0 Å². The van der Waals surface area contributed by atoms with Crippen molar-refractivity contribution in [2.75, 3.05) is 53.4 Å². The van der Waals surface area contributed by atoms with Gasteiger partial charge in [-0.25, -0.2) is 0 Å². The molecule has 0 saturated carbocycles. The number of benzene rings is 1. The number of hydrogen-bond acceptors (Lipinski definition) is 3. The summed E-state index contributed by atoms with van der Waals surface area (Å²) in [6, 6.07) is 6.64. The Balaban J connectivity index is 1.52. The molecule has 0 spiro atoms. The minimum atomic E-state index is 0.117. The summed E-state index contributed by atoms with van der Waals surface area (Å²) in [6.45, 7) is 10.3. The number of nitrogens with one attached hydrogen (secondary N) is 1. The van der Waals surface area contributed by atoms with Crippen LogP contribution in [0.25, 0.3) is 0 Å². The Bertz CT molecular complexity index is 637. The fraction of sp³-hybridized carbons (Fsp3) is 0.682. The quantitative estimate of drug-likeness (QED) is 0.652. The summed E-state index contributed by atoms with van der Waals surface area (Å²) < 4.78 is 6.09. The molecule has 2 aliphatic rings. The predicted molar refractivity (Wildman–Crippen MR) is 112 cm³/mol. The molecular formula is C22H36N4O. The van der Waals surface area contributed by atoms with Gasteiger partial charge in [-0.1, -0.05) is 23.8 Å². The van der Waals surface area contributed by atoms with Crippen molar-refractivity contribution in [2.45, 2.75) is 39.2 Å². The lowest BCUT2D eigenvalue weighted by Gasteiger charge is -2.36. The van der Waals surface area contributed by atoms with Crippen molar-refractivity contribution in [3.8, 4) is 0 Å². The Morgan fingerprint density at radius 3 is 2.70 bits per heavy atom. The van der Waals surface area contributed by atoms with Gasteiger partial charge in [0, 0.05) is 20.1 Å². The van der Waals surface area contributed by atoms with Gasteiger partial charge >= 0.3 is 0 Å². The largest absolute Gasteiger partial charge is 0.370 e. The van der Waals surface area contributed by atoms with Crippen LogP contribution in [0, 0.1) is 19.8 Å². The van der Waals surface area contributed by atoms with Gasteiger partial charge in [-0.2, -0.15) is 0 Å². The summed E-state index contributed by atoms with van der Waals surface area (Å²) in [7, 11) is 4.11. The topological polar surface area (TPSA) is 40.1 Å². The van der Waals surface area contributed by atoms with E-state index in [0.29, 0.717) is 0 Å². The van der Waals surface area contributed by atoms with E-state index < -0.39 is 0 Å². The van der Waals surface area contributed by atoms with Crippen LogP contribution in [-0.2, 0) is 4.74 Å². The lowest BCUT2D eigenvalue weighted by Crippen LogP contribution is -2.48. The third-order valence-electron chi connectivity index (χ3n) is 6.02. The monoisotopic (exact) mass is 372 g/mol. The highest BCUT2D eigenvalue weighted by Crippen LogP contribution is 2.26. The summed E-state index contributed by atoms with van der Waals surface area (Å²) >= 11 is 0. The Morgan fingerprint density at radius 1 is 1.22 bits per heavy atom. The molecule has 5 nitrogen and oxygen atoms in total. The van der Waals surface area contributed by atoms with Gasteiger partial charge in [0.1, 0.15) is 6.10 Å². The van der Waals surface area contributed by atoms with Gasteiger partial charge in [0.25, 0.3) is 0 Å². The summed E-state index contributed by atoms with van der Waals surface area (Å²) in [5.74, 6) is 1.86. The smallest absolute Gasteiger partial charge is 0.193 e. The first-order valence-corrected chi connectivity index (χ1v) is 10.4. The summed E-state index contributed by atoms with van der Waals surface area (Å²) in [4.78, 5) is 9.32. The first kappa shape index (κ1) is 20.2. The molecule has 1 aromatic carbocycles. The summed E-state index contributed by atoms with van der Waals surface area (Å²) in [6.07, 6.45) is 4.00. The fourth-order valence-corrected chi connectivity index (χ4v) is 4.29. The molecule has 2 fully saturated rings. The fourth-order valence-electron chi connectivity index (χ4n) is 4.29. The van der Waals surface area contributed by atoms with Gasteiger partial charge in [-0.3, -0.25) is 4.99 Å². The molecule has 2 saturated heterocycles. The molecule has 1 N–H and O–H groups in total. The van der Waals surface area contributed by atoms with E-state index in [2.05, 4.69) is 59.2 Å². The molecule has 0 aromatic heterocycles. The van der Waals surface area contributed by atoms with E-state index in [4.69, 9.17) is 4.74 Å². The second-order valence-electron chi connectivity index (χ2n) is 8.17. The van der Waals surface area contributed by atoms with Crippen LogP contribution in [0.1, 0.15) is 42.1 Å². The predicted octanol–water partition coefficient (Wildman–Crippen LogP) is 2.98. The van der Waals surface area contributed by atoms with Gasteiger partial charge in [0.2, 0.25) is 0 Å². The van der Waals surface area contributed by atoms with Crippen molar-refractivity contribution >= 4 is 5.96 Å². The number of aryl methyl sites for hydroxylation is 2. The van der Waals surface area contributed by atoms with Crippen LogP contribution in [0.4, 0.5) is 0 Å². The van der Waals surface area contributed by atoms with E-state index in [0.717, 1.165) is 38.1 Å². The molecule has 2 heterocycles. The van der Waals surface area contributed by atoms with Crippen molar-refractivity contribution in [1.82, 2.24) is 15.1 Å². The van der Waals surface area contributed by atoms with Crippen molar-refractivity contribution in [2.24, 2.45) is 10.9 Å². The average Bonchev–Trinajstić information content (AvgIpc) is 2.67. The number of ether oxygens (including phenoxy) is 1. The zero-order valence-corrected chi connectivity index (χ0v) is 17.5. The van der Waals surface area contributed by atoms with Gasteiger partial charge in [-0.15, -0.1) is 0 Å². The van der Waals surface area contributed by atoms with E-state index in [1.165, 1.54) is 49.0 Å². The van der Waals surface area contributed by atoms with Crippen LogP contribution in [0.3, 0.4) is 0 Å². The number of aliphatic imine (C=N–C) groups is 1. The molecule has 0 aliphatic carbocycles. The van der Waals surface area contributed by atoms with Gasteiger partial charge < -0.3 is 19.9 Å². The van der Waals surface area contributed by atoms with Crippen molar-refractivity contribution in [1.29, 1.82) is 0 Å². The Kier molecular flexibility index (Phi) is 7.13. The number of rotatable bonds is 4. The SMILES string of the molecule is CN=C(NCCC1CCN(C)CC1)N1CCOC(c2ccc(C)cc2C)C1. The van der Waals surface area contributed by atoms with Crippen LogP contribution in [0.2, 0.25) is 0 Å². The second-order valence-corrected chi connectivity index (χ2v) is 8.17. The number of piperidine rings is 1. The maximum Gasteiger partial charge on any atom is 0.193 e. The van der Waals surface area contributed by atoms with Crippen molar-refractivity contribution < 1.29 is 4.74 Å². The molecule has 150 valence electrons. The Labute approximate surface area is 164 Å². The van der Waals surface area contributed by atoms with E-state index in [-0.39, 0.29) is 6.10 Å². The highest BCUT2D eigenvalue weighted by Gasteiger charge is 2.25. The number of morpholine rings is 1. The maximum atomic E-state index is 6.09. The number of likely N-dealkylation sites (tertiary alicyclic amines) is 1. The minimum Gasteiger partial charge on any atom is -0.370 e. The lowest BCUT2D eigenvalue weighted by atomic mass is 9.94. The standard InChI is InChI=1S/C22H36N4O/c1-17-5-6-20(18(2)15-17)21-16-26(13-14-27-21)22(23-3)24-10-7-19-8-11-25(4)12-9-19/h5-6,15,19,21H,7-14,16H2,1-4H3,(H,23,24). The lowest BCUT2D eigenvalue weighted by molar-refractivity contribution is -0.00833. The molecule has 2 aliphatic heterocycles. The molecule has 0 radical (unpaired) electrons. The summed E-state index contributed by atoms with van der Waals surface area (Å²) in [5, 5.41) is 3.60. The van der Waals surface area contributed by atoms with E-state index >= 15 is 0 Å². The van der Waals surface area contributed by atoms with Gasteiger partial charge in [0.15, 0.2) is 5.96 Å². The Hall–Kier alpha value is -1.59. The molecule has 1 atom stereocenters. The molecule has 0 amide bonds. The van der Waals surface area contributed by atoms with E-state index in [1.807, 2.05) is 7.05 Å². The first-order chi connectivity index (χ1) is 13.1. The third-order valence-corrected chi connectivity index (χ3v) is 6.02. The number of hydrogen-bond donors (Lipinski definition) is 1. The molecule has 3 rings (SSSR count). The first-order valence-electron chi connectivity index (χ1n) is 10.4. The van der Waals surface area contributed by atoms with Crippen molar-refractivity contribution in [3.63, 3.8) is 0 Å². The zero-order valence-electron chi connectivity index (χ0n) is 17.5. The Morgan fingerprint density at radius 2 is 2.00 bits per heavy atom. The molecule has 1 aromatic rings. The number of nitrogens with zero attached hydrogens (tertiary/aromatic N) is 3. The average molecular weight is 373 g/mol. The van der Waals surface area contributed by atoms with Crippen LogP contribution in [-0.4, -0.2) is 69.2 Å². The summed E-state index contributed by atoms with van der Waals surface area (Å²) in [5.41, 5.74) is 3.91. The van der Waals surface area contributed by atoms with Gasteiger partial charge in [0.05, 0.1) is 13.2 Å². The molecule has 0 bridgehead atoms. The second kappa shape index (κ2) is 9.56. The third kappa shape index (κ3) is 5.45. The van der Waals surface area contributed by atoms with Crippen LogP contribution >= 0.6 is 0 Å². The van der Waals surface area contributed by atoms with Crippen molar-refractivity contribution in [3.05, 3.63) is 34.9 Å². The molecular weight excluding hydrogens is 336 g/mol. The number of guanidine groups is 1. The highest BCUT2D eigenvalue weighted by molar-refractivity contribution is 5.80. The minimum absolute atomic E-state index is 0.117. The van der Waals surface area contributed by atoms with Gasteiger partial charge in [-0.05, 0) is 70.3 Å². The van der Waals surface area contributed by atoms with Crippen LogP contribution in [0.5, 0.6) is 0 Å². The molecule has 5 heteroatoms.